The van der Waals surface area contributed by atoms with Gasteiger partial charge in [0.1, 0.15) is 11.6 Å². The Balaban J connectivity index is 2.07. The number of methoxy groups -OCH3 is 1. The molecule has 0 spiro atoms. The van der Waals surface area contributed by atoms with E-state index in [0.29, 0.717) is 16.8 Å². The molecule has 0 fully saturated rings. The van der Waals surface area contributed by atoms with E-state index in [1.807, 2.05) is 6.07 Å². The van der Waals surface area contributed by atoms with Crippen molar-refractivity contribution in [3.05, 3.63) is 63.2 Å². The zero-order chi connectivity index (χ0) is 19.6. The molecule has 3 rings (SSSR count). The molecule has 9 heteroatoms. The Morgan fingerprint density at radius 3 is 2.78 bits per heavy atom. The summed E-state index contributed by atoms with van der Waals surface area (Å²) in [4.78, 5) is 21.8. The summed E-state index contributed by atoms with van der Waals surface area (Å²) in [5, 5.41) is 9.12. The van der Waals surface area contributed by atoms with Crippen LogP contribution in [-0.4, -0.2) is 22.1 Å². The van der Waals surface area contributed by atoms with E-state index in [1.54, 1.807) is 25.1 Å². The van der Waals surface area contributed by atoms with Gasteiger partial charge in [-0.15, -0.1) is 0 Å². The molecule has 0 aliphatic carbocycles. The van der Waals surface area contributed by atoms with Gasteiger partial charge in [-0.3, -0.25) is 4.79 Å². The second-order valence-corrected chi connectivity index (χ2v) is 5.78. The number of hydrogen-bond donors (Lipinski definition) is 1. The molecule has 0 unspecified atom stereocenters. The maximum Gasteiger partial charge on any atom is 0.266 e. The van der Waals surface area contributed by atoms with Gasteiger partial charge in [0.05, 0.1) is 13.3 Å². The summed E-state index contributed by atoms with van der Waals surface area (Å²) < 4.78 is 24.5. The Bertz CT molecular complexity index is 1120. The van der Waals surface area contributed by atoms with Crippen LogP contribution in [0.4, 0.5) is 4.39 Å². The molecule has 0 saturated heterocycles. The van der Waals surface area contributed by atoms with Crippen molar-refractivity contribution in [1.29, 1.82) is 5.26 Å². The minimum atomic E-state index is -0.789. The third kappa shape index (κ3) is 3.73. The molecule has 3 aromatic rings. The van der Waals surface area contributed by atoms with Crippen LogP contribution in [0.2, 0.25) is 5.28 Å². The number of halogens is 2. The molecule has 0 atom stereocenters. The van der Waals surface area contributed by atoms with E-state index < -0.39 is 11.4 Å². The lowest BCUT2D eigenvalue weighted by Crippen LogP contribution is -2.12. The summed E-state index contributed by atoms with van der Waals surface area (Å²) in [6.45, 7) is 1.71. The van der Waals surface area contributed by atoms with E-state index in [4.69, 9.17) is 21.1 Å². The number of nitrogens with zero attached hydrogens (tertiary/aromatic N) is 3. The predicted molar refractivity (Wildman–Crippen MR) is 95.6 cm³/mol. The molecule has 7 nitrogen and oxygen atoms in total. The normalized spacial score (nSPS) is 10.3. The lowest BCUT2D eigenvalue weighted by Gasteiger charge is -2.12. The van der Waals surface area contributed by atoms with Crippen molar-refractivity contribution < 1.29 is 13.9 Å². The number of benzene rings is 1. The molecule has 1 aromatic carbocycles. The smallest absolute Gasteiger partial charge is 0.266 e. The second kappa shape index (κ2) is 7.43. The third-order valence-corrected chi connectivity index (χ3v) is 3.83. The van der Waals surface area contributed by atoms with Crippen molar-refractivity contribution in [3.63, 3.8) is 0 Å². The average molecular weight is 387 g/mol. The van der Waals surface area contributed by atoms with Crippen molar-refractivity contribution in [3.8, 4) is 34.6 Å². The van der Waals surface area contributed by atoms with Gasteiger partial charge in [-0.2, -0.15) is 14.6 Å². The zero-order valence-electron chi connectivity index (χ0n) is 14.2. The van der Waals surface area contributed by atoms with E-state index in [9.17, 15) is 14.4 Å². The molecule has 136 valence electrons. The highest BCUT2D eigenvalue weighted by Gasteiger charge is 2.16. The number of nitriles is 1. The van der Waals surface area contributed by atoms with Crippen molar-refractivity contribution in [2.45, 2.75) is 6.92 Å². The van der Waals surface area contributed by atoms with Crippen LogP contribution < -0.4 is 15.0 Å². The quantitative estimate of drug-likeness (QED) is 0.687. The fourth-order valence-electron chi connectivity index (χ4n) is 2.45. The minimum Gasteiger partial charge on any atom is -0.493 e. The number of aromatic amines is 1. The van der Waals surface area contributed by atoms with Gasteiger partial charge in [-0.05, 0) is 42.3 Å². The van der Waals surface area contributed by atoms with Crippen molar-refractivity contribution in [1.82, 2.24) is 15.0 Å². The first-order chi connectivity index (χ1) is 12.9. The average Bonchev–Trinajstić information content (AvgIpc) is 2.64. The van der Waals surface area contributed by atoms with E-state index >= 15 is 0 Å². The molecular formula is C18H12ClFN4O3. The molecule has 0 radical (unpaired) electrons. The molecule has 0 aliphatic heterocycles. The number of ether oxygens (including phenoxy) is 2. The van der Waals surface area contributed by atoms with Crippen LogP contribution in [0.15, 0.2) is 35.3 Å². The number of hydrogen-bond acceptors (Lipinski definition) is 6. The van der Waals surface area contributed by atoms with Gasteiger partial charge in [0.2, 0.25) is 11.1 Å². The SMILES string of the molecule is COc1cc(-c2cc(C)[nH]c(=O)c2C#N)ccc1Oc1nc(Cl)ncc1F. The number of nitrogens with one attached hydrogen (secondary N) is 1. The Hall–Kier alpha value is -3.44. The molecule has 0 amide bonds. The van der Waals surface area contributed by atoms with Gasteiger partial charge in [-0.25, -0.2) is 4.98 Å². The van der Waals surface area contributed by atoms with Crippen LogP contribution in [0.25, 0.3) is 11.1 Å². The molecule has 2 heterocycles. The maximum absolute atomic E-state index is 13.8. The van der Waals surface area contributed by atoms with E-state index in [1.165, 1.54) is 13.2 Å². The Morgan fingerprint density at radius 1 is 1.30 bits per heavy atom. The van der Waals surface area contributed by atoms with Gasteiger partial charge in [0.25, 0.3) is 11.4 Å². The minimum absolute atomic E-state index is 0.0232. The van der Waals surface area contributed by atoms with Crippen LogP contribution in [0.5, 0.6) is 17.4 Å². The van der Waals surface area contributed by atoms with E-state index in [0.717, 1.165) is 6.20 Å². The van der Waals surface area contributed by atoms with Crippen molar-refractivity contribution >= 4 is 11.6 Å². The number of aryl methyl sites for hydroxylation is 1. The standard InChI is InChI=1S/C18H12ClFN4O3/c1-9-5-11(12(7-21)16(25)23-9)10-3-4-14(15(6-10)26-2)27-17-13(20)8-22-18(19)24-17/h3-6,8H,1-2H3,(H,23,25). The Labute approximate surface area is 158 Å². The first-order valence-electron chi connectivity index (χ1n) is 7.61. The van der Waals surface area contributed by atoms with Gasteiger partial charge in [0.15, 0.2) is 11.5 Å². The van der Waals surface area contributed by atoms with Crippen LogP contribution >= 0.6 is 11.6 Å². The van der Waals surface area contributed by atoms with Gasteiger partial charge in [0, 0.05) is 11.3 Å². The van der Waals surface area contributed by atoms with Crippen LogP contribution in [0, 0.1) is 24.1 Å². The maximum atomic E-state index is 13.8. The molecule has 2 aromatic heterocycles. The second-order valence-electron chi connectivity index (χ2n) is 5.44. The summed E-state index contributed by atoms with van der Waals surface area (Å²) in [6, 6.07) is 8.29. The lowest BCUT2D eigenvalue weighted by molar-refractivity contribution is 0.363. The molecular weight excluding hydrogens is 375 g/mol. The molecule has 0 bridgehead atoms. The van der Waals surface area contributed by atoms with Crippen LogP contribution in [0.1, 0.15) is 11.3 Å². The molecule has 1 N–H and O–H groups in total. The Morgan fingerprint density at radius 2 is 2.07 bits per heavy atom. The zero-order valence-corrected chi connectivity index (χ0v) is 15.0. The Kier molecular flexibility index (Phi) is 5.05. The highest BCUT2D eigenvalue weighted by molar-refractivity contribution is 6.28. The first-order valence-corrected chi connectivity index (χ1v) is 7.99. The summed E-state index contributed by atoms with van der Waals surface area (Å²) >= 11 is 5.66. The highest BCUT2D eigenvalue weighted by atomic mass is 35.5. The number of rotatable bonds is 4. The fourth-order valence-corrected chi connectivity index (χ4v) is 2.58. The summed E-state index contributed by atoms with van der Waals surface area (Å²) in [7, 11) is 1.41. The summed E-state index contributed by atoms with van der Waals surface area (Å²) in [6.07, 6.45) is 0.893. The largest absolute Gasteiger partial charge is 0.493 e. The number of aromatic nitrogens is 3. The van der Waals surface area contributed by atoms with Gasteiger partial charge >= 0.3 is 0 Å². The predicted octanol–water partition coefficient (Wildman–Crippen LogP) is 3.61. The van der Waals surface area contributed by atoms with Crippen molar-refractivity contribution in [2.75, 3.05) is 7.11 Å². The highest BCUT2D eigenvalue weighted by Crippen LogP contribution is 2.36. The third-order valence-electron chi connectivity index (χ3n) is 3.64. The number of pyridine rings is 1. The summed E-state index contributed by atoms with van der Waals surface area (Å²) in [5.74, 6) is -0.716. The van der Waals surface area contributed by atoms with Crippen LogP contribution in [0.3, 0.4) is 0 Å². The van der Waals surface area contributed by atoms with Gasteiger partial charge < -0.3 is 14.5 Å². The van der Waals surface area contributed by atoms with Crippen LogP contribution in [-0.2, 0) is 0 Å². The van der Waals surface area contributed by atoms with E-state index in [2.05, 4.69) is 15.0 Å². The monoisotopic (exact) mass is 386 g/mol. The van der Waals surface area contributed by atoms with Crippen molar-refractivity contribution in [2.24, 2.45) is 0 Å². The molecule has 0 saturated carbocycles. The summed E-state index contributed by atoms with van der Waals surface area (Å²) in [5.41, 5.74) is 1.10. The van der Waals surface area contributed by atoms with E-state index in [-0.39, 0.29) is 28.2 Å². The fraction of sp³-hybridized carbons (Fsp3) is 0.111. The topological polar surface area (TPSA) is 101 Å². The molecule has 27 heavy (non-hydrogen) atoms. The number of H-pyrrole nitrogens is 1. The van der Waals surface area contributed by atoms with Gasteiger partial charge in [-0.1, -0.05) is 6.07 Å². The lowest BCUT2D eigenvalue weighted by atomic mass is 10.0. The first kappa shape index (κ1) is 18.4. The molecule has 0 aliphatic rings.